The fourth-order valence-electron chi connectivity index (χ4n) is 1.02. The highest BCUT2D eigenvalue weighted by Crippen LogP contribution is 2.17. The van der Waals surface area contributed by atoms with Crippen LogP contribution in [0.15, 0.2) is 17.2 Å². The van der Waals surface area contributed by atoms with Crippen molar-refractivity contribution in [2.24, 2.45) is 0 Å². The number of rotatable bonds is 2. The first-order chi connectivity index (χ1) is 7.23. The van der Waals surface area contributed by atoms with E-state index in [1.54, 1.807) is 0 Å². The van der Waals surface area contributed by atoms with Gasteiger partial charge in [-0.2, -0.15) is 8.42 Å². The lowest BCUT2D eigenvalue weighted by molar-refractivity contribution is 0.0822. The first kappa shape index (κ1) is 12.9. The number of amides is 1. The van der Waals surface area contributed by atoms with Gasteiger partial charge in [0.2, 0.25) is 0 Å². The minimum atomic E-state index is -4.58. The summed E-state index contributed by atoms with van der Waals surface area (Å²) in [7, 11) is -1.68. The van der Waals surface area contributed by atoms with Gasteiger partial charge in [0.1, 0.15) is 5.15 Å². The van der Waals surface area contributed by atoms with Gasteiger partial charge in [-0.05, 0) is 12.1 Å². The Morgan fingerprint density at radius 2 is 2.00 bits per heavy atom. The van der Waals surface area contributed by atoms with Crippen LogP contribution in [0.4, 0.5) is 0 Å². The lowest BCUT2D eigenvalue weighted by Crippen LogP contribution is -2.24. The number of hydrogen-bond donors (Lipinski definition) is 1. The third kappa shape index (κ3) is 2.69. The largest absolute Gasteiger partial charge is 0.345 e. The Labute approximate surface area is 97.6 Å². The molecule has 8 heteroatoms. The minimum absolute atomic E-state index is 0.122. The van der Waals surface area contributed by atoms with Crippen LogP contribution in [0.25, 0.3) is 0 Å². The molecular formula is C8H9ClN2O4S. The number of halogens is 1. The Balaban J connectivity index is 3.47. The van der Waals surface area contributed by atoms with E-state index in [0.717, 1.165) is 0 Å². The second-order valence-corrected chi connectivity index (χ2v) is 4.89. The van der Waals surface area contributed by atoms with Crippen LogP contribution in [0.1, 0.15) is 10.4 Å². The number of carbonyl (C=O) groups excluding carboxylic acids is 1. The van der Waals surface area contributed by atoms with Crippen LogP contribution < -0.4 is 0 Å². The number of carbonyl (C=O) groups is 1. The first-order valence-corrected chi connectivity index (χ1v) is 5.91. The molecule has 1 N–H and O–H groups in total. The number of aromatic nitrogens is 1. The van der Waals surface area contributed by atoms with Crippen LogP contribution in [-0.4, -0.2) is 42.9 Å². The molecule has 0 radical (unpaired) electrons. The van der Waals surface area contributed by atoms with Crippen molar-refractivity contribution >= 4 is 27.6 Å². The van der Waals surface area contributed by atoms with Crippen LogP contribution in [0.2, 0.25) is 5.15 Å². The van der Waals surface area contributed by atoms with Crippen molar-refractivity contribution in [3.63, 3.8) is 0 Å². The van der Waals surface area contributed by atoms with Crippen LogP contribution >= 0.6 is 11.6 Å². The summed E-state index contributed by atoms with van der Waals surface area (Å²) in [4.78, 5) is 16.2. The fourth-order valence-corrected chi connectivity index (χ4v) is 1.86. The Kier molecular flexibility index (Phi) is 3.51. The minimum Gasteiger partial charge on any atom is -0.345 e. The van der Waals surface area contributed by atoms with Gasteiger partial charge in [-0.3, -0.25) is 9.35 Å². The molecule has 1 aromatic rings. The van der Waals surface area contributed by atoms with Gasteiger partial charge in [0.05, 0.1) is 5.56 Å². The maximum atomic E-state index is 11.6. The smallest absolute Gasteiger partial charge is 0.313 e. The summed E-state index contributed by atoms with van der Waals surface area (Å²) in [6, 6.07) is 2.47. The predicted molar refractivity (Wildman–Crippen MR) is 57.1 cm³/mol. The van der Waals surface area contributed by atoms with Crippen molar-refractivity contribution in [2.45, 2.75) is 5.03 Å². The molecule has 6 nitrogen and oxygen atoms in total. The molecule has 0 bridgehead atoms. The summed E-state index contributed by atoms with van der Waals surface area (Å²) < 4.78 is 30.9. The Bertz CT molecular complexity index is 527. The topological polar surface area (TPSA) is 87.6 Å². The standard InChI is InChI=1S/C8H9ClN2O4S/c1-11(2)8(12)5-3-4-6(9)10-7(5)16(13,14)15/h3-4H,1-2H3,(H,13,14,15). The van der Waals surface area contributed by atoms with Crippen molar-refractivity contribution in [3.8, 4) is 0 Å². The summed E-state index contributed by atoms with van der Waals surface area (Å²) in [6.07, 6.45) is 0. The molecule has 0 unspecified atom stereocenters. The Hall–Kier alpha value is -1.18. The number of nitrogens with zero attached hydrogens (tertiary/aromatic N) is 2. The van der Waals surface area contributed by atoms with Gasteiger partial charge >= 0.3 is 10.1 Å². The Morgan fingerprint density at radius 3 is 2.44 bits per heavy atom. The van der Waals surface area contributed by atoms with Crippen molar-refractivity contribution in [1.29, 1.82) is 0 Å². The summed E-state index contributed by atoms with van der Waals surface area (Å²) >= 11 is 5.50. The molecule has 1 heterocycles. The SMILES string of the molecule is CN(C)C(=O)c1ccc(Cl)nc1S(=O)(=O)O. The van der Waals surface area contributed by atoms with Crippen molar-refractivity contribution in [2.75, 3.05) is 14.1 Å². The monoisotopic (exact) mass is 264 g/mol. The van der Waals surface area contributed by atoms with Gasteiger partial charge in [-0.1, -0.05) is 11.6 Å². The second kappa shape index (κ2) is 4.36. The summed E-state index contributed by atoms with van der Waals surface area (Å²) in [5.41, 5.74) is -0.225. The Morgan fingerprint density at radius 1 is 1.44 bits per heavy atom. The first-order valence-electron chi connectivity index (χ1n) is 4.09. The molecular weight excluding hydrogens is 256 g/mol. The molecule has 0 aliphatic carbocycles. The van der Waals surface area contributed by atoms with Crippen molar-refractivity contribution < 1.29 is 17.8 Å². The lowest BCUT2D eigenvalue weighted by Gasteiger charge is -2.11. The average Bonchev–Trinajstić information content (AvgIpc) is 2.15. The normalized spacial score (nSPS) is 11.2. The van der Waals surface area contributed by atoms with Crippen molar-refractivity contribution in [1.82, 2.24) is 9.88 Å². The molecule has 0 atom stereocenters. The highest BCUT2D eigenvalue weighted by atomic mass is 35.5. The lowest BCUT2D eigenvalue weighted by atomic mass is 10.2. The van der Waals surface area contributed by atoms with Crippen molar-refractivity contribution in [3.05, 3.63) is 22.8 Å². The molecule has 0 saturated heterocycles. The number of hydrogen-bond acceptors (Lipinski definition) is 4. The average molecular weight is 265 g/mol. The summed E-state index contributed by atoms with van der Waals surface area (Å²) in [5, 5.41) is -0.860. The zero-order valence-electron chi connectivity index (χ0n) is 8.51. The molecule has 0 aliphatic rings. The highest BCUT2D eigenvalue weighted by Gasteiger charge is 2.23. The van der Waals surface area contributed by atoms with E-state index in [9.17, 15) is 13.2 Å². The fraction of sp³-hybridized carbons (Fsp3) is 0.250. The molecule has 0 aliphatic heterocycles. The molecule has 1 amide bonds. The highest BCUT2D eigenvalue weighted by molar-refractivity contribution is 7.85. The van der Waals surface area contributed by atoms with E-state index in [0.29, 0.717) is 0 Å². The summed E-state index contributed by atoms with van der Waals surface area (Å²) in [5.74, 6) is -0.586. The van der Waals surface area contributed by atoms with E-state index >= 15 is 0 Å². The molecule has 0 fully saturated rings. The van der Waals surface area contributed by atoms with Crippen LogP contribution in [0.5, 0.6) is 0 Å². The van der Waals surface area contributed by atoms with Gasteiger partial charge in [0.25, 0.3) is 5.91 Å². The maximum absolute atomic E-state index is 11.6. The molecule has 1 rings (SSSR count). The van der Waals surface area contributed by atoms with E-state index in [2.05, 4.69) is 4.98 Å². The van der Waals surface area contributed by atoms with E-state index in [-0.39, 0.29) is 10.7 Å². The summed E-state index contributed by atoms with van der Waals surface area (Å²) in [6.45, 7) is 0. The molecule has 88 valence electrons. The quantitative estimate of drug-likeness (QED) is 0.627. The molecule has 16 heavy (non-hydrogen) atoms. The zero-order chi connectivity index (χ0) is 12.5. The molecule has 0 aromatic carbocycles. The van der Waals surface area contributed by atoms with Gasteiger partial charge in [0.15, 0.2) is 5.03 Å². The second-order valence-electron chi connectivity index (χ2n) is 3.16. The van der Waals surface area contributed by atoms with Gasteiger partial charge in [0, 0.05) is 14.1 Å². The van der Waals surface area contributed by atoms with Crippen LogP contribution in [0.3, 0.4) is 0 Å². The third-order valence-corrected chi connectivity index (χ3v) is 2.72. The van der Waals surface area contributed by atoms with Crippen LogP contribution in [0, 0.1) is 0 Å². The van der Waals surface area contributed by atoms with Gasteiger partial charge in [-0.25, -0.2) is 4.98 Å². The maximum Gasteiger partial charge on any atom is 0.313 e. The van der Waals surface area contributed by atoms with E-state index in [4.69, 9.17) is 16.2 Å². The molecule has 1 aromatic heterocycles. The zero-order valence-corrected chi connectivity index (χ0v) is 10.1. The third-order valence-electron chi connectivity index (χ3n) is 1.71. The van der Waals surface area contributed by atoms with Gasteiger partial charge < -0.3 is 4.90 Å². The van der Waals surface area contributed by atoms with Crippen LogP contribution in [-0.2, 0) is 10.1 Å². The number of pyridine rings is 1. The van der Waals surface area contributed by atoms with E-state index in [1.165, 1.54) is 31.1 Å². The van der Waals surface area contributed by atoms with E-state index in [1.807, 2.05) is 0 Å². The molecule has 0 spiro atoms. The van der Waals surface area contributed by atoms with Gasteiger partial charge in [-0.15, -0.1) is 0 Å². The predicted octanol–water partition coefficient (Wildman–Crippen LogP) is 0.683. The van der Waals surface area contributed by atoms with E-state index < -0.39 is 21.1 Å². The molecule has 0 saturated carbocycles.